The van der Waals surface area contributed by atoms with E-state index in [2.05, 4.69) is 17.5 Å². The van der Waals surface area contributed by atoms with E-state index in [0.29, 0.717) is 0 Å². The standard InChI is InChI=1S/C4H8NS/c1-3-5-4(2)6/h3H2,1-2H3. The van der Waals surface area contributed by atoms with Gasteiger partial charge in [0.25, 0.3) is 0 Å². The van der Waals surface area contributed by atoms with Gasteiger partial charge in [-0.1, -0.05) is 12.2 Å². The molecule has 0 aromatic rings. The fourth-order valence-electron chi connectivity index (χ4n) is 0.223. The number of hydrogen-bond donors (Lipinski definition) is 0. The quantitative estimate of drug-likeness (QED) is 0.450. The molecule has 0 aromatic carbocycles. The van der Waals surface area contributed by atoms with Gasteiger partial charge in [0, 0.05) is 6.54 Å². The van der Waals surface area contributed by atoms with Crippen molar-refractivity contribution >= 4 is 17.2 Å². The average Bonchev–Trinajstić information content (AvgIpc) is 1.35. The Labute approximate surface area is 43.7 Å². The summed E-state index contributed by atoms with van der Waals surface area (Å²) in [6.07, 6.45) is 0. The van der Waals surface area contributed by atoms with Crippen LogP contribution in [0.4, 0.5) is 0 Å². The minimum Gasteiger partial charge on any atom is -0.279 e. The van der Waals surface area contributed by atoms with Gasteiger partial charge in [-0.05, 0) is 13.8 Å². The first-order chi connectivity index (χ1) is 2.77. The summed E-state index contributed by atoms with van der Waals surface area (Å²) in [5.74, 6) is 0. The highest BCUT2D eigenvalue weighted by Gasteiger charge is 1.77. The van der Waals surface area contributed by atoms with E-state index < -0.39 is 0 Å². The van der Waals surface area contributed by atoms with Gasteiger partial charge < -0.3 is 0 Å². The van der Waals surface area contributed by atoms with Crippen LogP contribution in [0.3, 0.4) is 0 Å². The Kier molecular flexibility index (Phi) is 3.04. The average molecular weight is 102 g/mol. The number of nitrogens with zero attached hydrogens (tertiary/aromatic N) is 1. The van der Waals surface area contributed by atoms with Crippen molar-refractivity contribution in [3.05, 3.63) is 0 Å². The maximum Gasteiger partial charge on any atom is 0.0943 e. The van der Waals surface area contributed by atoms with Gasteiger partial charge in [0.2, 0.25) is 0 Å². The second-order valence-corrected chi connectivity index (χ2v) is 1.58. The molecule has 0 atom stereocenters. The fraction of sp³-hybridized carbons (Fsp3) is 0.750. The molecule has 0 heterocycles. The van der Waals surface area contributed by atoms with E-state index in [-0.39, 0.29) is 0 Å². The molecule has 0 aromatic heterocycles. The Bertz CT molecular complexity index is 51.5. The lowest BCUT2D eigenvalue weighted by Crippen LogP contribution is -2.06. The highest BCUT2D eigenvalue weighted by Crippen LogP contribution is 1.66. The van der Waals surface area contributed by atoms with Gasteiger partial charge in [0.05, 0.1) is 4.99 Å². The van der Waals surface area contributed by atoms with Gasteiger partial charge in [-0.3, -0.25) is 5.32 Å². The Morgan fingerprint density at radius 2 is 2.33 bits per heavy atom. The van der Waals surface area contributed by atoms with Gasteiger partial charge in [0.1, 0.15) is 0 Å². The van der Waals surface area contributed by atoms with Crippen LogP contribution < -0.4 is 5.32 Å². The minimum atomic E-state index is 0.748. The van der Waals surface area contributed by atoms with Crippen molar-refractivity contribution in [2.45, 2.75) is 13.8 Å². The summed E-state index contributed by atoms with van der Waals surface area (Å²) >= 11 is 4.63. The molecule has 0 fully saturated rings. The van der Waals surface area contributed by atoms with E-state index in [9.17, 15) is 0 Å². The highest BCUT2D eigenvalue weighted by molar-refractivity contribution is 7.80. The zero-order chi connectivity index (χ0) is 4.99. The largest absolute Gasteiger partial charge is 0.279 e. The van der Waals surface area contributed by atoms with E-state index in [4.69, 9.17) is 0 Å². The van der Waals surface area contributed by atoms with Crippen LogP contribution >= 0.6 is 12.2 Å². The highest BCUT2D eigenvalue weighted by atomic mass is 32.1. The van der Waals surface area contributed by atoms with Gasteiger partial charge in [-0.15, -0.1) is 0 Å². The molecule has 1 nitrogen and oxygen atoms in total. The van der Waals surface area contributed by atoms with Crippen molar-refractivity contribution in [3.8, 4) is 0 Å². The smallest absolute Gasteiger partial charge is 0.0943 e. The van der Waals surface area contributed by atoms with E-state index in [1.165, 1.54) is 0 Å². The minimum absolute atomic E-state index is 0.748. The zero-order valence-corrected chi connectivity index (χ0v) is 4.88. The molecule has 0 unspecified atom stereocenters. The summed E-state index contributed by atoms with van der Waals surface area (Å²) in [4.78, 5) is 0.748. The van der Waals surface area contributed by atoms with Crippen molar-refractivity contribution in [3.63, 3.8) is 0 Å². The number of hydrogen-bond acceptors (Lipinski definition) is 1. The van der Waals surface area contributed by atoms with Gasteiger partial charge >= 0.3 is 0 Å². The Hall–Kier alpha value is -0.110. The number of rotatable bonds is 1. The SMILES string of the molecule is CC[N]C(C)=S. The molecule has 0 bridgehead atoms. The lowest BCUT2D eigenvalue weighted by molar-refractivity contribution is 0.961. The van der Waals surface area contributed by atoms with Crippen LogP contribution in [0.2, 0.25) is 0 Å². The first-order valence-electron chi connectivity index (χ1n) is 1.95. The molecule has 0 amide bonds. The van der Waals surface area contributed by atoms with Gasteiger partial charge in [-0.2, -0.15) is 0 Å². The van der Waals surface area contributed by atoms with Gasteiger partial charge in [-0.25, -0.2) is 0 Å². The summed E-state index contributed by atoms with van der Waals surface area (Å²) in [6, 6.07) is 0. The monoisotopic (exact) mass is 102 g/mol. The molecule has 0 saturated carbocycles. The Morgan fingerprint density at radius 3 is 2.33 bits per heavy atom. The van der Waals surface area contributed by atoms with E-state index >= 15 is 0 Å². The van der Waals surface area contributed by atoms with Crippen molar-refractivity contribution in [1.29, 1.82) is 0 Å². The third kappa shape index (κ3) is 3.89. The van der Waals surface area contributed by atoms with E-state index in [1.54, 1.807) is 0 Å². The molecule has 6 heavy (non-hydrogen) atoms. The molecule has 0 aliphatic carbocycles. The predicted octanol–water partition coefficient (Wildman–Crippen LogP) is 0.958. The normalized spacial score (nSPS) is 7.67. The number of thiocarbonyl (C=S) groups is 1. The topological polar surface area (TPSA) is 14.1 Å². The van der Waals surface area contributed by atoms with Crippen LogP contribution in [0.15, 0.2) is 0 Å². The lowest BCUT2D eigenvalue weighted by Gasteiger charge is -1.87. The van der Waals surface area contributed by atoms with Crippen LogP contribution in [0.1, 0.15) is 13.8 Å². The molecule has 0 aliphatic rings. The first-order valence-corrected chi connectivity index (χ1v) is 2.36. The molecule has 0 rings (SSSR count). The maximum absolute atomic E-state index is 4.63. The van der Waals surface area contributed by atoms with Crippen LogP contribution in [-0.2, 0) is 0 Å². The van der Waals surface area contributed by atoms with Crippen LogP contribution in [-0.4, -0.2) is 11.5 Å². The van der Waals surface area contributed by atoms with Crippen LogP contribution in [0.25, 0.3) is 0 Å². The third-order valence-corrected chi connectivity index (χ3v) is 0.510. The Morgan fingerprint density at radius 1 is 1.83 bits per heavy atom. The third-order valence-electron chi connectivity index (χ3n) is 0.381. The summed E-state index contributed by atoms with van der Waals surface area (Å²) < 4.78 is 0. The van der Waals surface area contributed by atoms with Crippen LogP contribution in [0.5, 0.6) is 0 Å². The predicted molar refractivity (Wildman–Crippen MR) is 30.9 cm³/mol. The van der Waals surface area contributed by atoms with Gasteiger partial charge in [0.15, 0.2) is 0 Å². The molecular formula is C4H8NS. The first kappa shape index (κ1) is 5.89. The molecule has 0 spiro atoms. The summed E-state index contributed by atoms with van der Waals surface area (Å²) in [6.45, 7) is 4.60. The molecule has 35 valence electrons. The van der Waals surface area contributed by atoms with Crippen LogP contribution in [0, 0.1) is 0 Å². The molecule has 0 aliphatic heterocycles. The zero-order valence-electron chi connectivity index (χ0n) is 4.06. The molecule has 0 N–H and O–H groups in total. The van der Waals surface area contributed by atoms with E-state index in [1.807, 2.05) is 13.8 Å². The van der Waals surface area contributed by atoms with Crippen molar-refractivity contribution in [2.75, 3.05) is 6.54 Å². The maximum atomic E-state index is 4.63. The second-order valence-electron chi connectivity index (χ2n) is 0.993. The lowest BCUT2D eigenvalue weighted by atomic mass is 10.7. The molecule has 0 saturated heterocycles. The van der Waals surface area contributed by atoms with Crippen molar-refractivity contribution < 1.29 is 0 Å². The van der Waals surface area contributed by atoms with Crippen molar-refractivity contribution in [1.82, 2.24) is 5.32 Å². The summed E-state index contributed by atoms with van der Waals surface area (Å²) in [5, 5.41) is 3.86. The molecule has 1 radical (unpaired) electrons. The fourth-order valence-corrected chi connectivity index (χ4v) is 0.352. The Balaban J connectivity index is 2.83. The molecule has 2 heteroatoms. The summed E-state index contributed by atoms with van der Waals surface area (Å²) in [7, 11) is 0. The summed E-state index contributed by atoms with van der Waals surface area (Å²) in [5.41, 5.74) is 0. The van der Waals surface area contributed by atoms with Crippen molar-refractivity contribution in [2.24, 2.45) is 0 Å². The molecular weight excluding hydrogens is 94.1 g/mol. The second kappa shape index (κ2) is 3.09. The van der Waals surface area contributed by atoms with E-state index in [0.717, 1.165) is 11.5 Å².